The third-order valence-electron chi connectivity index (χ3n) is 3.70. The molecule has 1 atom stereocenters. The van der Waals surface area contributed by atoms with Crippen LogP contribution in [-0.2, 0) is 14.1 Å². The third kappa shape index (κ3) is 2.72. The molecule has 0 bridgehead atoms. The molecule has 0 aliphatic heterocycles. The summed E-state index contributed by atoms with van der Waals surface area (Å²) in [7, 11) is 3.30. The number of aromatic amines is 1. The van der Waals surface area contributed by atoms with Gasteiger partial charge in [0.1, 0.15) is 5.56 Å². The van der Waals surface area contributed by atoms with E-state index in [0.29, 0.717) is 0 Å². The summed E-state index contributed by atoms with van der Waals surface area (Å²) in [6, 6.07) is -0.308. The van der Waals surface area contributed by atoms with Gasteiger partial charge in [0.25, 0.3) is 11.5 Å². The molecule has 0 aromatic carbocycles. The molecule has 0 saturated carbocycles. The fourth-order valence-electron chi connectivity index (χ4n) is 2.49. The Hall–Kier alpha value is -2.64. The maximum Gasteiger partial charge on any atom is 0.328 e. The van der Waals surface area contributed by atoms with E-state index < -0.39 is 17.2 Å². The summed E-state index contributed by atoms with van der Waals surface area (Å²) in [6.45, 7) is 5.60. The summed E-state index contributed by atoms with van der Waals surface area (Å²) in [6.07, 6.45) is 1.23. The summed E-state index contributed by atoms with van der Waals surface area (Å²) in [5.41, 5.74) is 1.31. The van der Waals surface area contributed by atoms with E-state index in [4.69, 9.17) is 0 Å². The molecule has 118 valence electrons. The summed E-state index contributed by atoms with van der Waals surface area (Å²) in [5, 5.41) is 7.07. The second-order valence-corrected chi connectivity index (χ2v) is 5.32. The molecule has 2 aromatic heterocycles. The van der Waals surface area contributed by atoms with Crippen LogP contribution in [0.4, 0.5) is 0 Å². The van der Waals surface area contributed by atoms with E-state index in [2.05, 4.69) is 15.4 Å². The number of aryl methyl sites for hydroxylation is 3. The van der Waals surface area contributed by atoms with Crippen LogP contribution in [0.15, 0.2) is 15.8 Å². The van der Waals surface area contributed by atoms with Crippen LogP contribution >= 0.6 is 0 Å². The molecule has 0 saturated heterocycles. The standard InChI is InChI=1S/C14H19N5O3/c1-7(11-8(2)17-19(5)9(11)3)15-12(20)10-6-18(4)14(22)16-13(10)21/h6-7H,1-5H3,(H,15,20)(H,16,21,22)/t7-/m1/s1. The summed E-state index contributed by atoms with van der Waals surface area (Å²) in [4.78, 5) is 37.4. The zero-order valence-corrected chi connectivity index (χ0v) is 13.2. The Morgan fingerprint density at radius 2 is 1.95 bits per heavy atom. The van der Waals surface area contributed by atoms with Gasteiger partial charge in [-0.15, -0.1) is 0 Å². The predicted molar refractivity (Wildman–Crippen MR) is 80.9 cm³/mol. The lowest BCUT2D eigenvalue weighted by atomic mass is 10.1. The van der Waals surface area contributed by atoms with Crippen LogP contribution in [-0.4, -0.2) is 25.2 Å². The molecule has 0 fully saturated rings. The van der Waals surface area contributed by atoms with Gasteiger partial charge in [0, 0.05) is 31.5 Å². The topological polar surface area (TPSA) is 102 Å². The maximum absolute atomic E-state index is 12.3. The molecule has 0 aliphatic rings. The van der Waals surface area contributed by atoms with Crippen LogP contribution in [0.3, 0.4) is 0 Å². The Bertz CT molecular complexity index is 843. The Balaban J connectivity index is 2.31. The van der Waals surface area contributed by atoms with Gasteiger partial charge in [-0.1, -0.05) is 0 Å². The molecule has 1 amide bonds. The lowest BCUT2D eigenvalue weighted by molar-refractivity contribution is 0.0937. The van der Waals surface area contributed by atoms with Crippen molar-refractivity contribution in [3.8, 4) is 0 Å². The number of H-pyrrole nitrogens is 1. The summed E-state index contributed by atoms with van der Waals surface area (Å²) >= 11 is 0. The second kappa shape index (κ2) is 5.63. The molecule has 2 rings (SSSR count). The SMILES string of the molecule is Cc1nn(C)c(C)c1[C@@H](C)NC(=O)c1cn(C)c(=O)[nH]c1=O. The van der Waals surface area contributed by atoms with E-state index in [1.54, 1.807) is 4.68 Å². The molecule has 2 N–H and O–H groups in total. The van der Waals surface area contributed by atoms with Crippen LogP contribution in [0.1, 0.15) is 40.3 Å². The number of rotatable bonds is 3. The number of hydrogen-bond donors (Lipinski definition) is 2. The van der Waals surface area contributed by atoms with Crippen LogP contribution in [0.5, 0.6) is 0 Å². The van der Waals surface area contributed by atoms with Gasteiger partial charge < -0.3 is 9.88 Å². The van der Waals surface area contributed by atoms with E-state index in [1.165, 1.54) is 13.2 Å². The maximum atomic E-state index is 12.3. The van der Waals surface area contributed by atoms with Gasteiger partial charge in [0.15, 0.2) is 0 Å². The van der Waals surface area contributed by atoms with Crippen molar-refractivity contribution in [2.45, 2.75) is 26.8 Å². The largest absolute Gasteiger partial charge is 0.345 e. The summed E-state index contributed by atoms with van der Waals surface area (Å²) in [5.74, 6) is -0.535. The molecule has 0 unspecified atom stereocenters. The highest BCUT2D eigenvalue weighted by molar-refractivity contribution is 5.93. The van der Waals surface area contributed by atoms with Crippen LogP contribution in [0.2, 0.25) is 0 Å². The predicted octanol–water partition coefficient (Wildman–Crippen LogP) is -0.0851. The van der Waals surface area contributed by atoms with Crippen LogP contribution in [0, 0.1) is 13.8 Å². The van der Waals surface area contributed by atoms with Crippen molar-refractivity contribution in [3.63, 3.8) is 0 Å². The van der Waals surface area contributed by atoms with E-state index in [9.17, 15) is 14.4 Å². The number of nitrogens with one attached hydrogen (secondary N) is 2. The number of nitrogens with zero attached hydrogens (tertiary/aromatic N) is 3. The molecule has 0 spiro atoms. The van der Waals surface area contributed by atoms with Crippen LogP contribution < -0.4 is 16.6 Å². The van der Waals surface area contributed by atoms with Gasteiger partial charge >= 0.3 is 5.69 Å². The van der Waals surface area contributed by atoms with Crippen molar-refractivity contribution < 1.29 is 4.79 Å². The van der Waals surface area contributed by atoms with Gasteiger partial charge in [-0.2, -0.15) is 5.10 Å². The number of carbonyl (C=O) groups is 1. The normalized spacial score (nSPS) is 12.2. The van der Waals surface area contributed by atoms with Crippen molar-refractivity contribution in [1.29, 1.82) is 0 Å². The molecule has 0 radical (unpaired) electrons. The van der Waals surface area contributed by atoms with Gasteiger partial charge in [0.2, 0.25) is 0 Å². The van der Waals surface area contributed by atoms with E-state index in [-0.39, 0.29) is 11.6 Å². The Morgan fingerprint density at radius 3 is 2.50 bits per heavy atom. The third-order valence-corrected chi connectivity index (χ3v) is 3.70. The van der Waals surface area contributed by atoms with Crippen molar-refractivity contribution >= 4 is 5.91 Å². The number of hydrogen-bond acceptors (Lipinski definition) is 4. The lowest BCUT2D eigenvalue weighted by Gasteiger charge is -2.14. The van der Waals surface area contributed by atoms with Gasteiger partial charge in [-0.05, 0) is 20.8 Å². The van der Waals surface area contributed by atoms with Crippen molar-refractivity contribution in [1.82, 2.24) is 24.6 Å². The number of amides is 1. The molecular formula is C14H19N5O3. The van der Waals surface area contributed by atoms with E-state index >= 15 is 0 Å². The highest BCUT2D eigenvalue weighted by atomic mass is 16.2. The average molecular weight is 305 g/mol. The summed E-state index contributed by atoms with van der Waals surface area (Å²) < 4.78 is 2.90. The average Bonchev–Trinajstić information content (AvgIpc) is 2.67. The number of aromatic nitrogens is 4. The van der Waals surface area contributed by atoms with Gasteiger partial charge in [0.05, 0.1) is 11.7 Å². The van der Waals surface area contributed by atoms with Gasteiger partial charge in [-0.3, -0.25) is 19.3 Å². The molecule has 8 nitrogen and oxygen atoms in total. The Morgan fingerprint density at radius 1 is 1.32 bits per heavy atom. The van der Waals surface area contributed by atoms with Crippen molar-refractivity contribution in [2.24, 2.45) is 14.1 Å². The minimum atomic E-state index is -0.701. The molecule has 0 aliphatic carbocycles. The Labute approximate surface area is 126 Å². The first-order valence-corrected chi connectivity index (χ1v) is 6.83. The molecule has 22 heavy (non-hydrogen) atoms. The Kier molecular flexibility index (Phi) is 4.03. The van der Waals surface area contributed by atoms with E-state index in [1.807, 2.05) is 27.8 Å². The fourth-order valence-corrected chi connectivity index (χ4v) is 2.49. The molecule has 8 heteroatoms. The molecular weight excluding hydrogens is 286 g/mol. The lowest BCUT2D eigenvalue weighted by Crippen LogP contribution is -2.37. The minimum absolute atomic E-state index is 0.104. The first-order valence-electron chi connectivity index (χ1n) is 6.83. The van der Waals surface area contributed by atoms with Gasteiger partial charge in [-0.25, -0.2) is 4.79 Å². The zero-order valence-electron chi connectivity index (χ0n) is 13.2. The molecule has 2 heterocycles. The van der Waals surface area contributed by atoms with Crippen LogP contribution in [0.25, 0.3) is 0 Å². The first kappa shape index (κ1) is 15.7. The fraction of sp³-hybridized carbons (Fsp3) is 0.429. The first-order chi connectivity index (χ1) is 10.2. The second-order valence-electron chi connectivity index (χ2n) is 5.32. The highest BCUT2D eigenvalue weighted by Gasteiger charge is 2.20. The van der Waals surface area contributed by atoms with E-state index in [0.717, 1.165) is 21.5 Å². The number of carbonyl (C=O) groups excluding carboxylic acids is 1. The smallest absolute Gasteiger partial charge is 0.328 e. The monoisotopic (exact) mass is 305 g/mol. The minimum Gasteiger partial charge on any atom is -0.345 e. The highest BCUT2D eigenvalue weighted by Crippen LogP contribution is 2.20. The zero-order chi connectivity index (χ0) is 16.6. The van der Waals surface area contributed by atoms with Crippen molar-refractivity contribution in [2.75, 3.05) is 0 Å². The quantitative estimate of drug-likeness (QED) is 0.827. The molecule has 2 aromatic rings. The van der Waals surface area contributed by atoms with Crippen molar-refractivity contribution in [3.05, 3.63) is 49.5 Å².